The lowest BCUT2D eigenvalue weighted by Gasteiger charge is -2.24. The lowest BCUT2D eigenvalue weighted by atomic mass is 10.2. The molecule has 3 aromatic rings. The van der Waals surface area contributed by atoms with Crippen LogP contribution in [-0.4, -0.2) is 39.6 Å². The molecule has 0 aliphatic carbocycles. The first-order valence-corrected chi connectivity index (χ1v) is 11.7. The number of rotatable bonds is 4. The van der Waals surface area contributed by atoms with Crippen LogP contribution in [0, 0.1) is 0 Å². The number of nitrogens with zero attached hydrogens (tertiary/aromatic N) is 3. The number of likely N-dealkylation sites (tertiary alicyclic amines) is 1. The van der Waals surface area contributed by atoms with Crippen LogP contribution in [-0.2, 0) is 4.79 Å². The average Bonchev–Trinajstić information content (AvgIpc) is 3.40. The molecule has 1 fully saturated rings. The molecule has 11 heteroatoms. The zero-order chi connectivity index (χ0) is 22.0. The molecule has 4 rings (SSSR count). The molecule has 1 aromatic heterocycles. The maximum Gasteiger partial charge on any atom is 0.322 e. The predicted molar refractivity (Wildman–Crippen MR) is 127 cm³/mol. The van der Waals surface area contributed by atoms with E-state index >= 15 is 0 Å². The Labute approximate surface area is 200 Å². The average molecular weight is 541 g/mol. The number of halogens is 3. The van der Waals surface area contributed by atoms with Crippen molar-refractivity contribution < 1.29 is 9.59 Å². The van der Waals surface area contributed by atoms with E-state index in [-0.39, 0.29) is 5.91 Å². The number of hydrogen-bond acceptors (Lipinski definition) is 5. The van der Waals surface area contributed by atoms with Crippen LogP contribution >= 0.6 is 50.5 Å². The van der Waals surface area contributed by atoms with Crippen molar-refractivity contribution in [3.63, 3.8) is 0 Å². The number of aromatic nitrogens is 2. The van der Waals surface area contributed by atoms with E-state index < -0.39 is 12.1 Å². The van der Waals surface area contributed by atoms with Crippen molar-refractivity contribution in [3.05, 3.63) is 57.0 Å². The van der Waals surface area contributed by atoms with Gasteiger partial charge >= 0.3 is 6.03 Å². The molecule has 7 nitrogen and oxygen atoms in total. The summed E-state index contributed by atoms with van der Waals surface area (Å²) in [6, 6.07) is 11.5. The highest BCUT2D eigenvalue weighted by molar-refractivity contribution is 9.10. The molecule has 0 saturated carbocycles. The number of carbonyl (C=O) groups is 2. The van der Waals surface area contributed by atoms with Gasteiger partial charge in [0.15, 0.2) is 0 Å². The Kier molecular flexibility index (Phi) is 6.76. The number of nitrogens with one attached hydrogen (secondary N) is 2. The summed E-state index contributed by atoms with van der Waals surface area (Å²) in [6.07, 6.45) is 1.28. The Balaban J connectivity index is 1.42. The highest BCUT2D eigenvalue weighted by Gasteiger charge is 2.34. The van der Waals surface area contributed by atoms with E-state index in [0.717, 1.165) is 16.5 Å². The van der Waals surface area contributed by atoms with Crippen molar-refractivity contribution >= 4 is 73.2 Å². The van der Waals surface area contributed by atoms with Gasteiger partial charge in [-0.1, -0.05) is 62.6 Å². The molecule has 1 aliphatic heterocycles. The van der Waals surface area contributed by atoms with Gasteiger partial charge in [0, 0.05) is 21.6 Å². The maximum atomic E-state index is 12.8. The molecular formula is C20H16BrCl2N5O2S. The second-order valence-electron chi connectivity index (χ2n) is 6.81. The first-order chi connectivity index (χ1) is 14.9. The summed E-state index contributed by atoms with van der Waals surface area (Å²) in [5.74, 6) is -0.298. The topological polar surface area (TPSA) is 87.2 Å². The molecule has 3 amide bonds. The standard InChI is InChI=1S/C20H16BrCl2N5O2S/c21-12-5-3-11(4-6-12)18-26-27-19(31-18)25-17(29)16-2-1-9-28(16)20(30)24-15-8-7-13(22)10-14(15)23/h3-8,10,16H,1-2,9H2,(H,24,30)(H,25,27,29)/t16-/m1/s1. The van der Waals surface area contributed by atoms with Gasteiger partial charge in [0.25, 0.3) is 0 Å². The quantitative estimate of drug-likeness (QED) is 0.430. The van der Waals surface area contributed by atoms with Gasteiger partial charge in [-0.3, -0.25) is 10.1 Å². The fraction of sp³-hybridized carbons (Fsp3) is 0.200. The van der Waals surface area contributed by atoms with Crippen LogP contribution in [0.25, 0.3) is 10.6 Å². The zero-order valence-corrected chi connectivity index (χ0v) is 19.9. The highest BCUT2D eigenvalue weighted by atomic mass is 79.9. The summed E-state index contributed by atoms with van der Waals surface area (Å²) in [7, 11) is 0. The minimum absolute atomic E-state index is 0.298. The summed E-state index contributed by atoms with van der Waals surface area (Å²) in [6.45, 7) is 0.468. The first kappa shape index (κ1) is 22.0. The van der Waals surface area contributed by atoms with Gasteiger partial charge in [0.2, 0.25) is 11.0 Å². The Morgan fingerprint density at radius 3 is 2.61 bits per heavy atom. The number of amides is 3. The van der Waals surface area contributed by atoms with Gasteiger partial charge in [-0.05, 0) is 43.2 Å². The number of anilines is 2. The number of benzene rings is 2. The number of carbonyl (C=O) groups excluding carboxylic acids is 2. The molecule has 2 N–H and O–H groups in total. The molecule has 0 unspecified atom stereocenters. The molecule has 2 heterocycles. The van der Waals surface area contributed by atoms with Crippen LogP contribution in [0.3, 0.4) is 0 Å². The van der Waals surface area contributed by atoms with Crippen molar-refractivity contribution in [3.8, 4) is 10.6 Å². The molecule has 0 spiro atoms. The van der Waals surface area contributed by atoms with E-state index in [1.54, 1.807) is 18.2 Å². The van der Waals surface area contributed by atoms with Crippen molar-refractivity contribution in [2.24, 2.45) is 0 Å². The van der Waals surface area contributed by atoms with Crippen LogP contribution in [0.15, 0.2) is 46.9 Å². The van der Waals surface area contributed by atoms with E-state index in [2.05, 4.69) is 36.8 Å². The molecule has 31 heavy (non-hydrogen) atoms. The summed E-state index contributed by atoms with van der Waals surface area (Å²) < 4.78 is 0.966. The largest absolute Gasteiger partial charge is 0.322 e. The van der Waals surface area contributed by atoms with E-state index in [0.29, 0.717) is 38.8 Å². The second-order valence-corrected chi connectivity index (χ2v) is 9.55. The van der Waals surface area contributed by atoms with Crippen LogP contribution in [0.1, 0.15) is 12.8 Å². The minimum atomic E-state index is -0.605. The Morgan fingerprint density at radius 1 is 1.10 bits per heavy atom. The van der Waals surface area contributed by atoms with E-state index in [4.69, 9.17) is 23.2 Å². The first-order valence-electron chi connectivity index (χ1n) is 9.34. The monoisotopic (exact) mass is 539 g/mol. The van der Waals surface area contributed by atoms with Crippen LogP contribution in [0.2, 0.25) is 10.0 Å². The molecule has 1 atom stereocenters. The zero-order valence-electron chi connectivity index (χ0n) is 15.9. The minimum Gasteiger partial charge on any atom is -0.312 e. The predicted octanol–water partition coefficient (Wildman–Crippen LogP) is 5.91. The van der Waals surface area contributed by atoms with E-state index in [1.807, 2.05) is 24.3 Å². The summed E-state index contributed by atoms with van der Waals surface area (Å²) in [5, 5.41) is 15.6. The summed E-state index contributed by atoms with van der Waals surface area (Å²) >= 11 is 16.7. The van der Waals surface area contributed by atoms with Gasteiger partial charge in [0.05, 0.1) is 10.7 Å². The lowest BCUT2D eigenvalue weighted by Crippen LogP contribution is -2.45. The summed E-state index contributed by atoms with van der Waals surface area (Å²) in [4.78, 5) is 27.1. The van der Waals surface area contributed by atoms with Crippen molar-refractivity contribution in [2.75, 3.05) is 17.2 Å². The van der Waals surface area contributed by atoms with Gasteiger partial charge in [0.1, 0.15) is 11.0 Å². The third-order valence-corrected chi connectivity index (χ3v) is 6.70. The Hall–Kier alpha value is -2.20. The van der Waals surface area contributed by atoms with Gasteiger partial charge < -0.3 is 10.2 Å². The van der Waals surface area contributed by atoms with Crippen LogP contribution < -0.4 is 10.6 Å². The third kappa shape index (κ3) is 5.17. The van der Waals surface area contributed by atoms with Crippen molar-refractivity contribution in [1.82, 2.24) is 15.1 Å². The van der Waals surface area contributed by atoms with Crippen molar-refractivity contribution in [1.29, 1.82) is 0 Å². The number of hydrogen-bond donors (Lipinski definition) is 2. The molecular weight excluding hydrogens is 525 g/mol. The molecule has 0 bridgehead atoms. The third-order valence-electron chi connectivity index (χ3n) is 4.74. The molecule has 2 aromatic carbocycles. The molecule has 1 aliphatic rings. The molecule has 1 saturated heterocycles. The normalized spacial score (nSPS) is 15.7. The summed E-state index contributed by atoms with van der Waals surface area (Å²) in [5.41, 5.74) is 1.34. The van der Waals surface area contributed by atoms with Gasteiger partial charge in [-0.15, -0.1) is 10.2 Å². The van der Waals surface area contributed by atoms with Crippen molar-refractivity contribution in [2.45, 2.75) is 18.9 Å². The molecule has 0 radical (unpaired) electrons. The lowest BCUT2D eigenvalue weighted by molar-refractivity contribution is -0.119. The van der Waals surface area contributed by atoms with Gasteiger partial charge in [-0.25, -0.2) is 4.79 Å². The van der Waals surface area contributed by atoms with Crippen LogP contribution in [0.5, 0.6) is 0 Å². The SMILES string of the molecule is O=C(Nc1nnc(-c2ccc(Br)cc2)s1)[C@H]1CCCN1C(=O)Nc1ccc(Cl)cc1Cl. The van der Waals surface area contributed by atoms with E-state index in [9.17, 15) is 9.59 Å². The smallest absolute Gasteiger partial charge is 0.312 e. The Morgan fingerprint density at radius 2 is 1.87 bits per heavy atom. The fourth-order valence-electron chi connectivity index (χ4n) is 3.23. The Bertz CT molecular complexity index is 1130. The van der Waals surface area contributed by atoms with E-state index in [1.165, 1.54) is 16.2 Å². The second kappa shape index (κ2) is 9.52. The fourth-order valence-corrected chi connectivity index (χ4v) is 4.70. The van der Waals surface area contributed by atoms with Crippen LogP contribution in [0.4, 0.5) is 15.6 Å². The van der Waals surface area contributed by atoms with Gasteiger partial charge in [-0.2, -0.15) is 0 Å². The maximum absolute atomic E-state index is 12.8. The number of urea groups is 1. The molecule has 160 valence electrons. The highest BCUT2D eigenvalue weighted by Crippen LogP contribution is 2.29.